The fourth-order valence-electron chi connectivity index (χ4n) is 1.90. The molecule has 0 saturated heterocycles. The molecule has 1 aromatic carbocycles. The third-order valence-electron chi connectivity index (χ3n) is 2.91. The lowest BCUT2D eigenvalue weighted by Gasteiger charge is -2.02. The van der Waals surface area contributed by atoms with E-state index >= 15 is 0 Å². The Labute approximate surface area is 133 Å². The van der Waals surface area contributed by atoms with E-state index in [1.54, 1.807) is 13.8 Å². The van der Waals surface area contributed by atoms with Crippen LogP contribution in [0, 0.1) is 6.92 Å². The van der Waals surface area contributed by atoms with E-state index in [2.05, 4.69) is 48.4 Å². The van der Waals surface area contributed by atoms with Crippen molar-refractivity contribution in [3.63, 3.8) is 0 Å². The molecule has 4 heteroatoms. The molecule has 0 bridgehead atoms. The second-order valence-electron chi connectivity index (χ2n) is 4.82. The minimum Gasteiger partial charge on any atom is -0.466 e. The van der Waals surface area contributed by atoms with Gasteiger partial charge in [0.2, 0.25) is 0 Å². The van der Waals surface area contributed by atoms with E-state index in [0.29, 0.717) is 0 Å². The van der Waals surface area contributed by atoms with E-state index in [1.807, 2.05) is 0 Å². The van der Waals surface area contributed by atoms with Crippen LogP contribution in [0.3, 0.4) is 0 Å². The summed E-state index contributed by atoms with van der Waals surface area (Å²) in [5.74, 6) is -1.07. The first-order chi connectivity index (χ1) is 10.5. The lowest BCUT2D eigenvalue weighted by atomic mass is 10.0. The van der Waals surface area contributed by atoms with Crippen molar-refractivity contribution in [3.8, 4) is 0 Å². The summed E-state index contributed by atoms with van der Waals surface area (Å²) in [6.07, 6.45) is 2.00. The Morgan fingerprint density at radius 1 is 0.818 bits per heavy atom. The standard InChI is InChI=1S/C11H16.C7H12O4/c1-4-10-6-9(3)7-11(5-2)8-10;1-3-10-6(8)5-7(9)11-4-2/h6-8H,4-5H2,1-3H3;3-5H2,1-2H3. The van der Waals surface area contributed by atoms with Crippen molar-refractivity contribution in [2.75, 3.05) is 13.2 Å². The van der Waals surface area contributed by atoms with E-state index in [-0.39, 0.29) is 19.6 Å². The topological polar surface area (TPSA) is 52.6 Å². The summed E-state index contributed by atoms with van der Waals surface area (Å²) in [4.78, 5) is 21.2. The van der Waals surface area contributed by atoms with Crippen LogP contribution in [0.1, 0.15) is 50.8 Å². The van der Waals surface area contributed by atoms with Crippen molar-refractivity contribution in [1.29, 1.82) is 0 Å². The number of hydrogen-bond acceptors (Lipinski definition) is 4. The van der Waals surface area contributed by atoms with E-state index in [1.165, 1.54) is 16.7 Å². The molecule has 0 amide bonds. The molecule has 0 spiro atoms. The van der Waals surface area contributed by atoms with Crippen LogP contribution in [-0.4, -0.2) is 25.2 Å². The number of carbonyl (C=O) groups excluding carboxylic acids is 2. The van der Waals surface area contributed by atoms with Gasteiger partial charge in [0.25, 0.3) is 0 Å². The molecule has 0 fully saturated rings. The monoisotopic (exact) mass is 308 g/mol. The maximum absolute atomic E-state index is 10.6. The van der Waals surface area contributed by atoms with Gasteiger partial charge in [0.15, 0.2) is 0 Å². The molecule has 0 aliphatic rings. The number of benzene rings is 1. The van der Waals surface area contributed by atoms with Crippen LogP contribution in [-0.2, 0) is 31.9 Å². The Balaban J connectivity index is 0.000000401. The Bertz CT molecular complexity index is 428. The smallest absolute Gasteiger partial charge is 0.317 e. The van der Waals surface area contributed by atoms with Gasteiger partial charge in [0.1, 0.15) is 6.42 Å². The molecule has 1 aromatic rings. The predicted molar refractivity (Wildman–Crippen MR) is 87.8 cm³/mol. The first-order valence-corrected chi connectivity index (χ1v) is 7.87. The van der Waals surface area contributed by atoms with Gasteiger partial charge in [-0.15, -0.1) is 0 Å². The molecule has 124 valence electrons. The van der Waals surface area contributed by atoms with Gasteiger partial charge in [0.05, 0.1) is 13.2 Å². The van der Waals surface area contributed by atoms with Gasteiger partial charge in [-0.2, -0.15) is 0 Å². The molecule has 0 aliphatic heterocycles. The molecule has 0 unspecified atom stereocenters. The molecule has 0 aromatic heterocycles. The summed E-state index contributed by atoms with van der Waals surface area (Å²) in [7, 11) is 0. The van der Waals surface area contributed by atoms with Crippen molar-refractivity contribution >= 4 is 11.9 Å². The van der Waals surface area contributed by atoms with Crippen LogP contribution < -0.4 is 0 Å². The van der Waals surface area contributed by atoms with Gasteiger partial charge in [0, 0.05) is 0 Å². The van der Waals surface area contributed by atoms with Crippen molar-refractivity contribution in [3.05, 3.63) is 34.9 Å². The predicted octanol–water partition coefficient (Wildman–Crippen LogP) is 3.62. The summed E-state index contributed by atoms with van der Waals surface area (Å²) in [6.45, 7) is 10.5. The highest BCUT2D eigenvalue weighted by Crippen LogP contribution is 2.10. The lowest BCUT2D eigenvalue weighted by molar-refractivity contribution is -0.153. The van der Waals surface area contributed by atoms with E-state index < -0.39 is 11.9 Å². The van der Waals surface area contributed by atoms with Crippen molar-refractivity contribution < 1.29 is 19.1 Å². The van der Waals surface area contributed by atoms with Crippen molar-refractivity contribution in [2.24, 2.45) is 0 Å². The quantitative estimate of drug-likeness (QED) is 0.595. The number of ether oxygens (including phenoxy) is 2. The largest absolute Gasteiger partial charge is 0.466 e. The van der Waals surface area contributed by atoms with Crippen LogP contribution in [0.15, 0.2) is 18.2 Å². The number of rotatable bonds is 6. The number of carbonyl (C=O) groups is 2. The molecular formula is C18H28O4. The first kappa shape index (κ1) is 20.2. The summed E-state index contributed by atoms with van der Waals surface area (Å²) in [5.41, 5.74) is 4.31. The van der Waals surface area contributed by atoms with Gasteiger partial charge >= 0.3 is 11.9 Å². The summed E-state index contributed by atoms with van der Waals surface area (Å²) in [5, 5.41) is 0. The average Bonchev–Trinajstić information content (AvgIpc) is 2.47. The Morgan fingerprint density at radius 2 is 1.23 bits per heavy atom. The zero-order chi connectivity index (χ0) is 17.0. The van der Waals surface area contributed by atoms with Gasteiger partial charge < -0.3 is 9.47 Å². The van der Waals surface area contributed by atoms with Crippen molar-refractivity contribution in [2.45, 2.75) is 53.9 Å². The maximum atomic E-state index is 10.6. The minimum absolute atomic E-state index is 0.290. The zero-order valence-corrected chi connectivity index (χ0v) is 14.4. The van der Waals surface area contributed by atoms with Crippen LogP contribution in [0.25, 0.3) is 0 Å². The van der Waals surface area contributed by atoms with Gasteiger partial charge in [-0.1, -0.05) is 37.6 Å². The Kier molecular flexibility index (Phi) is 10.8. The van der Waals surface area contributed by atoms with Crippen LogP contribution in [0.5, 0.6) is 0 Å². The first-order valence-electron chi connectivity index (χ1n) is 7.87. The third-order valence-corrected chi connectivity index (χ3v) is 2.91. The van der Waals surface area contributed by atoms with Crippen LogP contribution >= 0.6 is 0 Å². The molecule has 1 rings (SSSR count). The molecule has 0 atom stereocenters. The Morgan fingerprint density at radius 3 is 1.55 bits per heavy atom. The highest BCUT2D eigenvalue weighted by Gasteiger charge is 2.09. The number of hydrogen-bond donors (Lipinski definition) is 0. The minimum atomic E-state index is -0.536. The number of aryl methyl sites for hydroxylation is 3. The molecule has 0 saturated carbocycles. The zero-order valence-electron chi connectivity index (χ0n) is 14.4. The van der Waals surface area contributed by atoms with Gasteiger partial charge in [-0.25, -0.2) is 0 Å². The van der Waals surface area contributed by atoms with E-state index in [4.69, 9.17) is 0 Å². The van der Waals surface area contributed by atoms with Gasteiger partial charge in [-0.05, 0) is 44.7 Å². The fraction of sp³-hybridized carbons (Fsp3) is 0.556. The number of esters is 2. The average molecular weight is 308 g/mol. The summed E-state index contributed by atoms with van der Waals surface area (Å²) < 4.78 is 9.04. The Hall–Kier alpha value is -1.84. The highest BCUT2D eigenvalue weighted by atomic mass is 16.5. The SMILES string of the molecule is CCOC(=O)CC(=O)OCC.CCc1cc(C)cc(CC)c1. The molecule has 0 radical (unpaired) electrons. The van der Waals surface area contributed by atoms with Crippen LogP contribution in [0.2, 0.25) is 0 Å². The lowest BCUT2D eigenvalue weighted by Crippen LogP contribution is -2.13. The second-order valence-corrected chi connectivity index (χ2v) is 4.82. The summed E-state index contributed by atoms with van der Waals surface area (Å²) >= 11 is 0. The third kappa shape index (κ3) is 9.16. The van der Waals surface area contributed by atoms with E-state index in [9.17, 15) is 9.59 Å². The van der Waals surface area contributed by atoms with Crippen molar-refractivity contribution in [1.82, 2.24) is 0 Å². The van der Waals surface area contributed by atoms with E-state index in [0.717, 1.165) is 12.8 Å². The highest BCUT2D eigenvalue weighted by molar-refractivity contribution is 5.91. The molecule has 0 aliphatic carbocycles. The molecule has 22 heavy (non-hydrogen) atoms. The normalized spacial score (nSPS) is 9.50. The fourth-order valence-corrected chi connectivity index (χ4v) is 1.90. The molecule has 0 N–H and O–H groups in total. The molecule has 4 nitrogen and oxygen atoms in total. The molecular weight excluding hydrogens is 280 g/mol. The molecule has 0 heterocycles. The van der Waals surface area contributed by atoms with Gasteiger partial charge in [-0.3, -0.25) is 9.59 Å². The maximum Gasteiger partial charge on any atom is 0.317 e. The summed E-state index contributed by atoms with van der Waals surface area (Å²) in [6, 6.07) is 6.82. The second kappa shape index (κ2) is 11.8. The van der Waals surface area contributed by atoms with Crippen LogP contribution in [0.4, 0.5) is 0 Å².